The quantitative estimate of drug-likeness (QED) is 0.399. The van der Waals surface area contributed by atoms with Crippen LogP contribution < -0.4 is 5.32 Å². The van der Waals surface area contributed by atoms with Gasteiger partial charge >= 0.3 is 0 Å². The van der Waals surface area contributed by atoms with Crippen LogP contribution >= 0.6 is 0 Å². The summed E-state index contributed by atoms with van der Waals surface area (Å²) >= 11 is 0. The molecule has 0 aromatic carbocycles. The van der Waals surface area contributed by atoms with Crippen LogP contribution in [0.25, 0.3) is 0 Å². The predicted molar refractivity (Wildman–Crippen MR) is 170 cm³/mol. The first-order valence-electron chi connectivity index (χ1n) is 18.6. The Morgan fingerprint density at radius 3 is 2.50 bits per heavy atom. The highest BCUT2D eigenvalue weighted by Crippen LogP contribution is 2.87. The number of nitrogens with zero attached hydrogens (tertiary/aromatic N) is 1. The zero-order valence-corrected chi connectivity index (χ0v) is 28.6. The average molecular weight is 615 g/mol. The maximum atomic E-state index is 10.9. The monoisotopic (exact) mass is 614 g/mol. The molecule has 8 aliphatic rings. The van der Waals surface area contributed by atoms with Gasteiger partial charge in [0.05, 0.1) is 30.5 Å². The topological polar surface area (TPSA) is 72.4 Å². The highest BCUT2D eigenvalue weighted by atomic mass is 16.7. The fraction of sp³-hybridized carbons (Fsp3) is 1.00. The van der Waals surface area contributed by atoms with Gasteiger partial charge in [0.1, 0.15) is 6.10 Å². The van der Waals surface area contributed by atoms with Crippen LogP contribution in [0.2, 0.25) is 0 Å². The molecular weight excluding hydrogens is 552 g/mol. The van der Waals surface area contributed by atoms with E-state index in [2.05, 4.69) is 31.0 Å². The van der Waals surface area contributed by atoms with E-state index in [4.69, 9.17) is 18.9 Å². The lowest BCUT2D eigenvalue weighted by atomic mass is 9.46. The van der Waals surface area contributed by atoms with Gasteiger partial charge in [-0.25, -0.2) is 0 Å². The summed E-state index contributed by atoms with van der Waals surface area (Å²) in [5.41, 5.74) is 0.759. The molecule has 12 atom stereocenters. The Kier molecular flexibility index (Phi) is 7.48. The molecule has 250 valence electrons. The van der Waals surface area contributed by atoms with Crippen LogP contribution in [0.15, 0.2) is 0 Å². The van der Waals surface area contributed by atoms with Gasteiger partial charge in [-0.15, -0.1) is 0 Å². The minimum Gasteiger partial charge on any atom is -0.388 e. The number of fused-ring (bicyclic) bond motifs is 4. The molecule has 0 aromatic rings. The molecule has 8 rings (SSSR count). The van der Waals surface area contributed by atoms with Gasteiger partial charge in [-0.3, -0.25) is 4.90 Å². The van der Waals surface area contributed by atoms with E-state index in [0.717, 1.165) is 57.0 Å². The number of hydrogen-bond acceptors (Lipinski definition) is 7. The van der Waals surface area contributed by atoms with Crippen molar-refractivity contribution in [1.82, 2.24) is 10.2 Å². The lowest BCUT2D eigenvalue weighted by Crippen LogP contribution is -2.62. The first kappa shape index (κ1) is 31.0. The number of hydrogen-bond donors (Lipinski definition) is 2. The Morgan fingerprint density at radius 1 is 0.977 bits per heavy atom. The number of nitrogens with one attached hydrogen (secondary N) is 1. The summed E-state index contributed by atoms with van der Waals surface area (Å²) in [4.78, 5) is 2.59. The Bertz CT molecular complexity index is 1090. The second-order valence-corrected chi connectivity index (χ2v) is 18.1. The number of ether oxygens (including phenoxy) is 4. The molecular formula is C37H62N2O5. The van der Waals surface area contributed by atoms with Gasteiger partial charge in [0.2, 0.25) is 0 Å². The van der Waals surface area contributed by atoms with E-state index >= 15 is 0 Å². The molecule has 8 fully saturated rings. The Hall–Kier alpha value is -0.280. The smallest absolute Gasteiger partial charge is 0.170 e. The minimum absolute atomic E-state index is 0.00129. The van der Waals surface area contributed by atoms with Crippen molar-refractivity contribution in [3.8, 4) is 0 Å². The lowest BCUT2D eigenvalue weighted by Gasteiger charge is -2.60. The van der Waals surface area contributed by atoms with Gasteiger partial charge in [-0.2, -0.15) is 0 Å². The summed E-state index contributed by atoms with van der Waals surface area (Å²) < 4.78 is 26.2. The SMILES string of the molecule is CCO[C@@H](C1CCC2C(CC3C4CCC5C(C)(C)[C@@H](OC6CN(C7CNC7)CCO6)CCC56CC46CCC23C)O1)C(C)(C)O. The summed E-state index contributed by atoms with van der Waals surface area (Å²) in [6, 6.07) is 0.662. The van der Waals surface area contributed by atoms with Gasteiger partial charge in [-0.1, -0.05) is 20.8 Å². The molecule has 3 saturated heterocycles. The third-order valence-corrected chi connectivity index (χ3v) is 15.6. The van der Waals surface area contributed by atoms with Gasteiger partial charge in [0, 0.05) is 38.8 Å². The van der Waals surface area contributed by atoms with E-state index in [0.29, 0.717) is 47.0 Å². The molecule has 0 aromatic heterocycles. The van der Waals surface area contributed by atoms with E-state index in [1.807, 2.05) is 20.8 Å². The average Bonchev–Trinajstić information content (AvgIpc) is 3.52. The third kappa shape index (κ3) is 4.45. The van der Waals surface area contributed by atoms with Crippen molar-refractivity contribution in [3.05, 3.63) is 0 Å². The highest BCUT2D eigenvalue weighted by Gasteiger charge is 2.80. The van der Waals surface area contributed by atoms with Crippen molar-refractivity contribution in [2.75, 3.05) is 39.4 Å². The molecule has 5 aliphatic carbocycles. The predicted octanol–water partition coefficient (Wildman–Crippen LogP) is 5.38. The number of rotatable bonds is 7. The fourth-order valence-electron chi connectivity index (χ4n) is 13.4. The molecule has 0 amide bonds. The van der Waals surface area contributed by atoms with Gasteiger partial charge in [0.25, 0.3) is 0 Å². The fourth-order valence-corrected chi connectivity index (χ4v) is 13.4. The maximum Gasteiger partial charge on any atom is 0.170 e. The molecule has 7 nitrogen and oxygen atoms in total. The van der Waals surface area contributed by atoms with Crippen molar-refractivity contribution in [3.63, 3.8) is 0 Å². The van der Waals surface area contributed by atoms with Crippen LogP contribution in [-0.2, 0) is 18.9 Å². The lowest BCUT2D eigenvalue weighted by molar-refractivity contribution is -0.248. The molecule has 3 aliphatic heterocycles. The van der Waals surface area contributed by atoms with Crippen molar-refractivity contribution in [1.29, 1.82) is 0 Å². The zero-order chi connectivity index (χ0) is 30.7. The number of aliphatic hydroxyl groups is 1. The number of morpholine rings is 1. The van der Waals surface area contributed by atoms with E-state index < -0.39 is 5.60 Å². The first-order valence-corrected chi connectivity index (χ1v) is 18.6. The van der Waals surface area contributed by atoms with Crippen LogP contribution in [0.1, 0.15) is 106 Å². The molecule has 0 radical (unpaired) electrons. The van der Waals surface area contributed by atoms with Crippen molar-refractivity contribution in [2.24, 2.45) is 45.3 Å². The first-order chi connectivity index (χ1) is 20.9. The molecule has 2 spiro atoms. The van der Waals surface area contributed by atoms with Crippen molar-refractivity contribution in [2.45, 2.75) is 148 Å². The molecule has 7 heteroatoms. The van der Waals surface area contributed by atoms with E-state index in [1.165, 1.54) is 57.8 Å². The highest BCUT2D eigenvalue weighted by molar-refractivity contribution is 5.29. The van der Waals surface area contributed by atoms with Gasteiger partial charge in [-0.05, 0) is 130 Å². The van der Waals surface area contributed by atoms with E-state index in [1.54, 1.807) is 0 Å². The van der Waals surface area contributed by atoms with Crippen LogP contribution in [0.5, 0.6) is 0 Å². The second kappa shape index (κ2) is 10.6. The largest absolute Gasteiger partial charge is 0.388 e. The summed E-state index contributed by atoms with van der Waals surface area (Å²) in [6.45, 7) is 19.1. The van der Waals surface area contributed by atoms with E-state index in [-0.39, 0.29) is 23.9 Å². The Labute approximate surface area is 266 Å². The molecule has 5 saturated carbocycles. The van der Waals surface area contributed by atoms with Crippen LogP contribution in [-0.4, -0.2) is 91.7 Å². The summed E-state index contributed by atoms with van der Waals surface area (Å²) in [6.07, 6.45) is 13.3. The van der Waals surface area contributed by atoms with E-state index in [9.17, 15) is 5.11 Å². The normalized spacial score (nSPS) is 50.8. The zero-order valence-electron chi connectivity index (χ0n) is 28.6. The molecule has 3 heterocycles. The molecule has 44 heavy (non-hydrogen) atoms. The van der Waals surface area contributed by atoms with Crippen LogP contribution in [0.4, 0.5) is 0 Å². The summed E-state index contributed by atoms with van der Waals surface area (Å²) in [5, 5.41) is 14.4. The van der Waals surface area contributed by atoms with Gasteiger partial charge in [0.15, 0.2) is 6.29 Å². The van der Waals surface area contributed by atoms with Crippen molar-refractivity contribution >= 4 is 0 Å². The van der Waals surface area contributed by atoms with Crippen molar-refractivity contribution < 1.29 is 24.1 Å². The molecule has 2 N–H and O–H groups in total. The summed E-state index contributed by atoms with van der Waals surface area (Å²) in [7, 11) is 0. The molecule has 10 unspecified atom stereocenters. The van der Waals surface area contributed by atoms with Crippen LogP contribution in [0, 0.1) is 45.3 Å². The minimum atomic E-state index is -0.891. The summed E-state index contributed by atoms with van der Waals surface area (Å²) in [5.74, 6) is 3.04. The second-order valence-electron chi connectivity index (χ2n) is 18.1. The Balaban J connectivity index is 0.967. The van der Waals surface area contributed by atoms with Crippen LogP contribution in [0.3, 0.4) is 0 Å². The maximum absolute atomic E-state index is 10.9. The Morgan fingerprint density at radius 2 is 1.77 bits per heavy atom. The molecule has 0 bridgehead atoms. The standard InChI is InChI=1S/C37H62N2O5/c1-7-41-32(34(4,5)40)27-10-8-25-28(43-27)18-26-24-9-11-29-33(2,3)30(44-31-21-39(16-17-42-31)23-19-38-20-23)12-13-37(29)22-36(24,37)15-14-35(25,26)6/h23-32,38,40H,7-22H2,1-6H3/t24?,25?,26?,27?,28?,29?,30-,31?,32-,35?,36?,37?/m0/s1. The third-order valence-electron chi connectivity index (χ3n) is 15.6. The van der Waals surface area contributed by atoms with Gasteiger partial charge < -0.3 is 29.4 Å².